The molecule has 1 aromatic carbocycles. The summed E-state index contributed by atoms with van der Waals surface area (Å²) in [6.45, 7) is 4.29. The SMILES string of the molecule is CCOc1ccc(-n2nc(C)c(CO)c2Cl)cc1. The minimum Gasteiger partial charge on any atom is -0.494 e. The van der Waals surface area contributed by atoms with Crippen molar-refractivity contribution in [1.82, 2.24) is 9.78 Å². The van der Waals surface area contributed by atoms with Crippen LogP contribution in [0.1, 0.15) is 18.2 Å². The topological polar surface area (TPSA) is 47.3 Å². The summed E-state index contributed by atoms with van der Waals surface area (Å²) >= 11 is 6.17. The van der Waals surface area contributed by atoms with Crippen LogP contribution in [0, 0.1) is 6.92 Å². The monoisotopic (exact) mass is 266 g/mol. The zero-order valence-electron chi connectivity index (χ0n) is 10.4. The van der Waals surface area contributed by atoms with Crippen molar-refractivity contribution in [3.8, 4) is 11.4 Å². The van der Waals surface area contributed by atoms with Gasteiger partial charge in [-0.25, -0.2) is 4.68 Å². The largest absolute Gasteiger partial charge is 0.494 e. The highest BCUT2D eigenvalue weighted by Crippen LogP contribution is 2.24. The second-order valence-corrected chi connectivity index (χ2v) is 4.21. The third-order valence-electron chi connectivity index (χ3n) is 2.67. The average Bonchev–Trinajstić information content (AvgIpc) is 2.66. The summed E-state index contributed by atoms with van der Waals surface area (Å²) in [6, 6.07) is 7.49. The normalized spacial score (nSPS) is 10.7. The summed E-state index contributed by atoms with van der Waals surface area (Å²) in [5, 5.41) is 14.0. The number of halogens is 1. The van der Waals surface area contributed by atoms with Crippen molar-refractivity contribution in [2.24, 2.45) is 0 Å². The maximum atomic E-state index is 9.22. The summed E-state index contributed by atoms with van der Waals surface area (Å²) in [4.78, 5) is 0. The second kappa shape index (κ2) is 5.42. The fraction of sp³-hybridized carbons (Fsp3) is 0.308. The number of aryl methyl sites for hydroxylation is 1. The molecule has 0 aliphatic rings. The first kappa shape index (κ1) is 12.9. The van der Waals surface area contributed by atoms with Crippen LogP contribution in [0.25, 0.3) is 5.69 Å². The zero-order chi connectivity index (χ0) is 13.1. The number of aromatic nitrogens is 2. The molecular formula is C13H15ClN2O2. The van der Waals surface area contributed by atoms with Crippen molar-refractivity contribution in [3.63, 3.8) is 0 Å². The van der Waals surface area contributed by atoms with E-state index in [4.69, 9.17) is 16.3 Å². The Balaban J connectivity index is 2.36. The highest BCUT2D eigenvalue weighted by Gasteiger charge is 2.13. The molecule has 5 heteroatoms. The number of benzene rings is 1. The fourth-order valence-corrected chi connectivity index (χ4v) is 2.06. The van der Waals surface area contributed by atoms with Crippen LogP contribution in [0.2, 0.25) is 5.15 Å². The minimum absolute atomic E-state index is 0.109. The van der Waals surface area contributed by atoms with E-state index in [2.05, 4.69) is 5.10 Å². The molecule has 0 radical (unpaired) electrons. The third kappa shape index (κ3) is 2.35. The van der Waals surface area contributed by atoms with Crippen LogP contribution >= 0.6 is 11.6 Å². The van der Waals surface area contributed by atoms with Gasteiger partial charge >= 0.3 is 0 Å². The predicted molar refractivity (Wildman–Crippen MR) is 70.4 cm³/mol. The molecule has 0 saturated carbocycles. The first-order valence-electron chi connectivity index (χ1n) is 5.75. The first-order chi connectivity index (χ1) is 8.67. The highest BCUT2D eigenvalue weighted by atomic mass is 35.5. The van der Waals surface area contributed by atoms with E-state index >= 15 is 0 Å². The van der Waals surface area contributed by atoms with Gasteiger partial charge in [-0.1, -0.05) is 11.6 Å². The number of aliphatic hydroxyl groups excluding tert-OH is 1. The number of ether oxygens (including phenoxy) is 1. The van der Waals surface area contributed by atoms with Crippen molar-refractivity contribution in [2.45, 2.75) is 20.5 Å². The lowest BCUT2D eigenvalue weighted by molar-refractivity contribution is 0.281. The smallest absolute Gasteiger partial charge is 0.138 e. The number of aliphatic hydroxyl groups is 1. The van der Waals surface area contributed by atoms with Crippen LogP contribution in [-0.4, -0.2) is 21.5 Å². The van der Waals surface area contributed by atoms with E-state index in [1.165, 1.54) is 0 Å². The standard InChI is InChI=1S/C13H15ClN2O2/c1-3-18-11-6-4-10(5-7-11)16-13(14)12(8-17)9(2)15-16/h4-7,17H,3,8H2,1-2H3. The lowest BCUT2D eigenvalue weighted by Gasteiger charge is -2.06. The molecule has 0 atom stereocenters. The Kier molecular flexibility index (Phi) is 3.89. The molecule has 0 aliphatic heterocycles. The minimum atomic E-state index is -0.109. The summed E-state index contributed by atoms with van der Waals surface area (Å²) in [7, 11) is 0. The van der Waals surface area contributed by atoms with Gasteiger partial charge in [0.1, 0.15) is 10.9 Å². The van der Waals surface area contributed by atoms with Gasteiger partial charge in [0.2, 0.25) is 0 Å². The van der Waals surface area contributed by atoms with Crippen molar-refractivity contribution in [3.05, 3.63) is 40.7 Å². The molecule has 0 fully saturated rings. The van der Waals surface area contributed by atoms with E-state index in [1.54, 1.807) is 4.68 Å². The van der Waals surface area contributed by atoms with Gasteiger partial charge in [0.05, 0.1) is 24.6 Å². The van der Waals surface area contributed by atoms with E-state index in [1.807, 2.05) is 38.1 Å². The van der Waals surface area contributed by atoms with E-state index in [0.717, 1.165) is 17.1 Å². The lowest BCUT2D eigenvalue weighted by atomic mass is 10.3. The van der Waals surface area contributed by atoms with Crippen LogP contribution in [-0.2, 0) is 6.61 Å². The lowest BCUT2D eigenvalue weighted by Crippen LogP contribution is -1.97. The van der Waals surface area contributed by atoms with Gasteiger partial charge in [0.15, 0.2) is 0 Å². The summed E-state index contributed by atoms with van der Waals surface area (Å²) in [5.74, 6) is 0.809. The van der Waals surface area contributed by atoms with Gasteiger partial charge in [0, 0.05) is 5.56 Å². The molecule has 2 rings (SSSR count). The number of nitrogens with zero attached hydrogens (tertiary/aromatic N) is 2. The van der Waals surface area contributed by atoms with Gasteiger partial charge in [-0.15, -0.1) is 0 Å². The molecule has 0 saturated heterocycles. The molecule has 1 N–H and O–H groups in total. The average molecular weight is 267 g/mol. The van der Waals surface area contributed by atoms with Crippen LogP contribution in [0.5, 0.6) is 5.75 Å². The Morgan fingerprint density at radius 1 is 1.33 bits per heavy atom. The maximum Gasteiger partial charge on any atom is 0.138 e. The Bertz CT molecular complexity index is 535. The number of rotatable bonds is 4. The molecule has 4 nitrogen and oxygen atoms in total. The van der Waals surface area contributed by atoms with Crippen LogP contribution in [0.4, 0.5) is 0 Å². The molecule has 0 spiro atoms. The molecule has 0 amide bonds. The van der Waals surface area contributed by atoms with Crippen molar-refractivity contribution >= 4 is 11.6 Å². The van der Waals surface area contributed by atoms with E-state index in [9.17, 15) is 5.11 Å². The number of hydrogen-bond donors (Lipinski definition) is 1. The molecule has 0 unspecified atom stereocenters. The van der Waals surface area contributed by atoms with Gasteiger partial charge in [-0.05, 0) is 38.1 Å². The summed E-state index contributed by atoms with van der Waals surface area (Å²) in [6.07, 6.45) is 0. The van der Waals surface area contributed by atoms with Crippen LogP contribution in [0.15, 0.2) is 24.3 Å². The van der Waals surface area contributed by atoms with Crippen LogP contribution < -0.4 is 4.74 Å². The Morgan fingerprint density at radius 3 is 2.50 bits per heavy atom. The maximum absolute atomic E-state index is 9.22. The molecule has 2 aromatic rings. The van der Waals surface area contributed by atoms with Gasteiger partial charge in [-0.3, -0.25) is 0 Å². The molecule has 1 aromatic heterocycles. The van der Waals surface area contributed by atoms with Crippen LogP contribution in [0.3, 0.4) is 0 Å². The quantitative estimate of drug-likeness (QED) is 0.926. The molecule has 1 heterocycles. The molecule has 18 heavy (non-hydrogen) atoms. The van der Waals surface area contributed by atoms with Crippen molar-refractivity contribution in [2.75, 3.05) is 6.61 Å². The first-order valence-corrected chi connectivity index (χ1v) is 6.13. The molecule has 0 aliphatic carbocycles. The Morgan fingerprint density at radius 2 is 2.00 bits per heavy atom. The Hall–Kier alpha value is -1.52. The number of hydrogen-bond acceptors (Lipinski definition) is 3. The van der Waals surface area contributed by atoms with Gasteiger partial charge < -0.3 is 9.84 Å². The second-order valence-electron chi connectivity index (χ2n) is 3.85. The van der Waals surface area contributed by atoms with E-state index in [-0.39, 0.29) is 6.61 Å². The Labute approximate surface area is 111 Å². The third-order valence-corrected chi connectivity index (χ3v) is 3.06. The van der Waals surface area contributed by atoms with Gasteiger partial charge in [-0.2, -0.15) is 5.10 Å². The predicted octanol–water partition coefficient (Wildman–Crippen LogP) is 2.73. The van der Waals surface area contributed by atoms with Crippen molar-refractivity contribution in [1.29, 1.82) is 0 Å². The zero-order valence-corrected chi connectivity index (χ0v) is 11.1. The molecular weight excluding hydrogens is 252 g/mol. The van der Waals surface area contributed by atoms with E-state index < -0.39 is 0 Å². The molecule has 0 bridgehead atoms. The van der Waals surface area contributed by atoms with Gasteiger partial charge in [0.25, 0.3) is 0 Å². The van der Waals surface area contributed by atoms with E-state index in [0.29, 0.717) is 17.3 Å². The summed E-state index contributed by atoms with van der Waals surface area (Å²) < 4.78 is 6.98. The fourth-order valence-electron chi connectivity index (χ4n) is 1.73. The molecule has 96 valence electrons. The summed E-state index contributed by atoms with van der Waals surface area (Å²) in [5.41, 5.74) is 2.23. The van der Waals surface area contributed by atoms with Crippen molar-refractivity contribution < 1.29 is 9.84 Å². The highest BCUT2D eigenvalue weighted by molar-refractivity contribution is 6.30.